The normalized spacial score (nSPS) is 21.2. The number of anilines is 1. The molecule has 0 saturated carbocycles. The van der Waals surface area contributed by atoms with Gasteiger partial charge < -0.3 is 10.4 Å². The maximum absolute atomic E-state index is 13.0. The lowest BCUT2D eigenvalue weighted by atomic mass is 10.0. The summed E-state index contributed by atoms with van der Waals surface area (Å²) in [6.45, 7) is 0.726. The van der Waals surface area contributed by atoms with Gasteiger partial charge in [-0.2, -0.15) is 0 Å². The smallest absolute Gasteiger partial charge is 0.446 e. The van der Waals surface area contributed by atoms with Gasteiger partial charge in [-0.15, -0.1) is 16.5 Å². The first-order valence-electron chi connectivity index (χ1n) is 11.3. The number of hydrogen-bond donors (Lipinski definition) is 2. The van der Waals surface area contributed by atoms with E-state index >= 15 is 0 Å². The van der Waals surface area contributed by atoms with Gasteiger partial charge in [0.15, 0.2) is 18.9 Å². The van der Waals surface area contributed by atoms with E-state index in [9.17, 15) is 24.3 Å². The van der Waals surface area contributed by atoms with E-state index in [1.54, 1.807) is 0 Å². The topological polar surface area (TPSA) is 135 Å². The van der Waals surface area contributed by atoms with Crippen molar-refractivity contribution >= 4 is 58.1 Å². The van der Waals surface area contributed by atoms with Crippen LogP contribution in [0.25, 0.3) is 0 Å². The van der Waals surface area contributed by atoms with Crippen LogP contribution in [0.1, 0.15) is 5.56 Å². The van der Waals surface area contributed by atoms with Crippen LogP contribution in [0.15, 0.2) is 76.2 Å². The number of nitrogens with one attached hydrogen (secondary N) is 1. The van der Waals surface area contributed by atoms with Crippen molar-refractivity contribution in [3.8, 4) is 0 Å². The van der Waals surface area contributed by atoms with E-state index in [4.69, 9.17) is 0 Å². The van der Waals surface area contributed by atoms with Crippen molar-refractivity contribution in [1.29, 1.82) is 0 Å². The Morgan fingerprint density at radius 1 is 1.16 bits per heavy atom. The minimum atomic E-state index is -1.19. The number of rotatable bonds is 7. The molecule has 11 nitrogen and oxygen atoms in total. The summed E-state index contributed by atoms with van der Waals surface area (Å²) in [5.74, 6) is -2.85. The lowest BCUT2D eigenvalue weighted by Gasteiger charge is -2.49. The van der Waals surface area contributed by atoms with Crippen LogP contribution in [-0.2, 0) is 25.7 Å². The summed E-state index contributed by atoms with van der Waals surface area (Å²) in [5, 5.41) is 16.5. The number of carboxylic acid groups (broad SMARTS) is 1. The zero-order valence-corrected chi connectivity index (χ0v) is 21.2. The number of aromatic nitrogens is 1. The predicted molar refractivity (Wildman–Crippen MR) is 136 cm³/mol. The van der Waals surface area contributed by atoms with Crippen molar-refractivity contribution in [3.05, 3.63) is 71.7 Å². The number of carboxylic acids is 1. The zero-order chi connectivity index (χ0) is 26.1. The highest BCUT2D eigenvalue weighted by atomic mass is 32.2. The van der Waals surface area contributed by atoms with Crippen LogP contribution in [0.3, 0.4) is 0 Å². The number of benzene rings is 1. The molecule has 13 heteroatoms. The van der Waals surface area contributed by atoms with Crippen LogP contribution >= 0.6 is 23.5 Å². The molecule has 4 heterocycles. The molecule has 2 aromatic rings. The number of aliphatic carboxylic acids is 1. The van der Waals surface area contributed by atoms with Gasteiger partial charge in [-0.05, 0) is 22.4 Å². The van der Waals surface area contributed by atoms with Crippen molar-refractivity contribution in [2.45, 2.75) is 18.0 Å². The van der Waals surface area contributed by atoms with Crippen molar-refractivity contribution in [2.24, 2.45) is 10.1 Å². The van der Waals surface area contributed by atoms with Crippen LogP contribution in [0.2, 0.25) is 0 Å². The molecule has 0 spiro atoms. The molecule has 0 radical (unpaired) electrons. The van der Waals surface area contributed by atoms with Crippen molar-refractivity contribution in [2.75, 3.05) is 23.9 Å². The number of hydrogen-bond acceptors (Lipinski definition) is 7. The number of carbonyl (C=O) groups is 4. The molecule has 3 aliphatic heterocycles. The van der Waals surface area contributed by atoms with Gasteiger partial charge >= 0.3 is 23.0 Å². The molecule has 1 fully saturated rings. The molecule has 37 heavy (non-hydrogen) atoms. The first-order chi connectivity index (χ1) is 17.8. The summed E-state index contributed by atoms with van der Waals surface area (Å²) in [6.07, 6.45) is 3.86. The molecule has 0 unspecified atom stereocenters. The third kappa shape index (κ3) is 5.04. The summed E-state index contributed by atoms with van der Waals surface area (Å²) in [6, 6.07) is 13.3. The van der Waals surface area contributed by atoms with Gasteiger partial charge in [-0.3, -0.25) is 14.5 Å². The summed E-state index contributed by atoms with van der Waals surface area (Å²) < 4.78 is 3.22. The number of amidine groups is 1. The molecule has 188 valence electrons. The maximum Gasteiger partial charge on any atom is 0.446 e. The van der Waals surface area contributed by atoms with E-state index in [-0.39, 0.29) is 27.9 Å². The van der Waals surface area contributed by atoms with E-state index < -0.39 is 23.8 Å². The number of fused-ring (bicyclic) bond motifs is 1. The van der Waals surface area contributed by atoms with Crippen LogP contribution in [0.5, 0.6) is 0 Å². The van der Waals surface area contributed by atoms with Crippen LogP contribution in [0.4, 0.5) is 5.69 Å². The summed E-state index contributed by atoms with van der Waals surface area (Å²) in [5.41, 5.74) is 2.43. The fraction of sp³-hybridized carbons (Fsp3) is 0.250. The second-order valence-electron chi connectivity index (χ2n) is 8.45. The highest BCUT2D eigenvalue weighted by Gasteiger charge is 2.53. The van der Waals surface area contributed by atoms with Crippen molar-refractivity contribution in [1.82, 2.24) is 4.90 Å². The number of aliphatic imine (C=N–C) groups is 1. The largest absolute Gasteiger partial charge is 0.477 e. The number of carbonyl (C=O) groups excluding carboxylic acids is 3. The number of amides is 3. The average Bonchev–Trinajstić information content (AvgIpc) is 2.89. The molecule has 0 aliphatic carbocycles. The fourth-order valence-electron chi connectivity index (χ4n) is 4.13. The van der Waals surface area contributed by atoms with Gasteiger partial charge in [0.2, 0.25) is 0 Å². The SMILES string of the molecule is C[N+]1=NC(=O)C(=O)N=C1SCC1=C(C(=O)O)N2C(=O)[C@@H](Nc3cc[n+](Cc4ccccc4)cc3)[C@H]2SC1. The van der Waals surface area contributed by atoms with Gasteiger partial charge in [0, 0.05) is 39.9 Å². The van der Waals surface area contributed by atoms with Crippen LogP contribution in [-0.4, -0.2) is 73.5 Å². The first-order valence-corrected chi connectivity index (χ1v) is 13.3. The Morgan fingerprint density at radius 3 is 2.59 bits per heavy atom. The Morgan fingerprint density at radius 2 is 1.89 bits per heavy atom. The average molecular weight is 539 g/mol. The van der Waals surface area contributed by atoms with Gasteiger partial charge in [0.05, 0.1) is 0 Å². The Labute approximate surface area is 220 Å². The lowest BCUT2D eigenvalue weighted by Crippen LogP contribution is -2.67. The van der Waals surface area contributed by atoms with Gasteiger partial charge in [-0.1, -0.05) is 30.3 Å². The molecule has 1 saturated heterocycles. The number of azo groups is 2. The van der Waals surface area contributed by atoms with E-state index in [0.29, 0.717) is 11.3 Å². The second kappa shape index (κ2) is 10.3. The molecule has 2 N–H and O–H groups in total. The molecule has 5 rings (SSSR count). The fourth-order valence-corrected chi connectivity index (χ4v) is 6.53. The van der Waals surface area contributed by atoms with Crippen molar-refractivity contribution in [3.63, 3.8) is 0 Å². The zero-order valence-electron chi connectivity index (χ0n) is 19.6. The van der Waals surface area contributed by atoms with E-state index in [2.05, 4.69) is 27.6 Å². The Kier molecular flexibility index (Phi) is 6.89. The van der Waals surface area contributed by atoms with Crippen molar-refractivity contribution < 1.29 is 33.5 Å². The molecule has 3 aliphatic rings. The standard InChI is InChI=1S/C24H20N6O5S2/c1-28-24(26-19(31)20(32)27-28)37-13-15-12-36-22-17(21(33)30(22)18(15)23(34)35)25-16-7-9-29(10-8-16)11-14-5-3-2-4-6-14/h2-10,17,22H,11-13H2,1H3/p+2/t17-,22-/m1/s1. The van der Waals surface area contributed by atoms with E-state index in [1.807, 2.05) is 47.3 Å². The number of β-lactam (4-membered cyclic amide) rings is 1. The number of pyridine rings is 1. The molecule has 1 aromatic carbocycles. The maximum atomic E-state index is 13.0. The lowest BCUT2D eigenvalue weighted by molar-refractivity contribution is -0.688. The molecule has 3 amide bonds. The summed E-state index contributed by atoms with van der Waals surface area (Å²) >= 11 is 2.56. The first kappa shape index (κ1) is 24.8. The van der Waals surface area contributed by atoms with E-state index in [0.717, 1.165) is 24.0 Å². The summed E-state index contributed by atoms with van der Waals surface area (Å²) in [4.78, 5) is 53.1. The van der Waals surface area contributed by atoms with Crippen LogP contribution in [0, 0.1) is 0 Å². The predicted octanol–water partition coefficient (Wildman–Crippen LogP) is 1.31. The number of thioether (sulfide) groups is 2. The number of nitrogens with zero attached hydrogens (tertiary/aromatic N) is 5. The third-order valence-corrected chi connectivity index (χ3v) is 8.39. The second-order valence-corrected chi connectivity index (χ2v) is 10.5. The highest BCUT2D eigenvalue weighted by molar-refractivity contribution is 8.13. The summed E-state index contributed by atoms with van der Waals surface area (Å²) in [7, 11) is 1.48. The highest BCUT2D eigenvalue weighted by Crippen LogP contribution is 2.42. The van der Waals surface area contributed by atoms with Gasteiger partial charge in [0.25, 0.3) is 5.91 Å². The monoisotopic (exact) mass is 538 g/mol. The molecule has 2 atom stereocenters. The third-order valence-electron chi connectivity index (χ3n) is 5.94. The minimum Gasteiger partial charge on any atom is -0.477 e. The Balaban J connectivity index is 1.25. The van der Waals surface area contributed by atoms with Gasteiger partial charge in [0.1, 0.15) is 24.2 Å². The molecular formula is C24H22N6O5S2+2. The quantitative estimate of drug-likeness (QED) is 0.306. The Bertz CT molecular complexity index is 1390. The van der Waals surface area contributed by atoms with Crippen LogP contribution < -0.4 is 9.88 Å². The Hall–Kier alpha value is -3.84. The van der Waals surface area contributed by atoms with E-state index in [1.165, 1.54) is 34.0 Å². The molecular weight excluding hydrogens is 516 g/mol. The molecule has 1 aromatic heterocycles. The minimum absolute atomic E-state index is 0.0496. The van der Waals surface area contributed by atoms with Gasteiger partial charge in [-0.25, -0.2) is 14.2 Å². The molecule has 0 bridgehead atoms.